The quantitative estimate of drug-likeness (QED) is 0.899. The van der Waals surface area contributed by atoms with Crippen LogP contribution in [0.15, 0.2) is 34.8 Å². The highest BCUT2D eigenvalue weighted by atomic mass is 79.9. The Kier molecular flexibility index (Phi) is 5.17. The Morgan fingerprint density at radius 3 is 2.76 bits per heavy atom. The first kappa shape index (κ1) is 15.8. The molecule has 0 unspecified atom stereocenters. The molecule has 2 aromatic rings. The molecular weight excluding hydrogens is 330 g/mol. The molecule has 0 aliphatic rings. The summed E-state index contributed by atoms with van der Waals surface area (Å²) < 4.78 is 2.90. The second kappa shape index (κ2) is 6.89. The molecule has 4 nitrogen and oxygen atoms in total. The number of carbonyl (C=O) groups excluding carboxylic acids is 1. The van der Waals surface area contributed by atoms with Crippen LogP contribution in [0.1, 0.15) is 28.7 Å². The van der Waals surface area contributed by atoms with Crippen molar-refractivity contribution in [1.29, 1.82) is 0 Å². The van der Waals surface area contributed by atoms with Crippen molar-refractivity contribution in [3.63, 3.8) is 0 Å². The van der Waals surface area contributed by atoms with Crippen LogP contribution in [0.2, 0.25) is 0 Å². The van der Waals surface area contributed by atoms with Gasteiger partial charge in [-0.25, -0.2) is 0 Å². The summed E-state index contributed by atoms with van der Waals surface area (Å²) in [6.07, 6.45) is 0. The van der Waals surface area contributed by atoms with Crippen molar-refractivity contribution in [2.75, 3.05) is 6.54 Å². The molecule has 0 aliphatic carbocycles. The molecule has 1 amide bonds. The minimum absolute atomic E-state index is 0.0449. The third-order valence-electron chi connectivity index (χ3n) is 3.29. The molecular formula is C16H20BrN3O. The van der Waals surface area contributed by atoms with Crippen molar-refractivity contribution in [3.05, 3.63) is 51.8 Å². The van der Waals surface area contributed by atoms with Gasteiger partial charge in [0.1, 0.15) is 0 Å². The molecule has 0 radical (unpaired) electrons. The lowest BCUT2D eigenvalue weighted by Gasteiger charge is -2.14. The number of amides is 1. The maximum absolute atomic E-state index is 12.1. The zero-order valence-electron chi connectivity index (χ0n) is 12.6. The van der Waals surface area contributed by atoms with Gasteiger partial charge in [0.2, 0.25) is 0 Å². The zero-order chi connectivity index (χ0) is 15.4. The number of benzene rings is 1. The number of carbonyl (C=O) groups is 1. The molecule has 5 heteroatoms. The first-order valence-electron chi connectivity index (χ1n) is 7.00. The summed E-state index contributed by atoms with van der Waals surface area (Å²) in [5, 5.41) is 7.42. The molecule has 0 fully saturated rings. The molecule has 1 N–H and O–H groups in total. The van der Waals surface area contributed by atoms with Gasteiger partial charge >= 0.3 is 0 Å². The van der Waals surface area contributed by atoms with Gasteiger partial charge < -0.3 is 5.32 Å². The van der Waals surface area contributed by atoms with E-state index < -0.39 is 0 Å². The van der Waals surface area contributed by atoms with E-state index >= 15 is 0 Å². The monoisotopic (exact) mass is 349 g/mol. The number of hydrogen-bond acceptors (Lipinski definition) is 2. The lowest BCUT2D eigenvalue weighted by Crippen LogP contribution is -2.30. The van der Waals surface area contributed by atoms with E-state index in [1.807, 2.05) is 42.8 Å². The fraction of sp³-hybridized carbons (Fsp3) is 0.375. The molecule has 21 heavy (non-hydrogen) atoms. The van der Waals surface area contributed by atoms with Gasteiger partial charge in [-0.15, -0.1) is 0 Å². The Morgan fingerprint density at radius 1 is 1.38 bits per heavy atom. The van der Waals surface area contributed by atoms with E-state index in [1.54, 1.807) is 0 Å². The molecule has 1 heterocycles. The van der Waals surface area contributed by atoms with Crippen molar-refractivity contribution in [2.45, 2.75) is 27.3 Å². The molecule has 1 atom stereocenters. The topological polar surface area (TPSA) is 46.9 Å². The Morgan fingerprint density at radius 2 is 2.14 bits per heavy atom. The van der Waals surface area contributed by atoms with Crippen molar-refractivity contribution in [2.24, 2.45) is 5.92 Å². The van der Waals surface area contributed by atoms with Gasteiger partial charge in [-0.3, -0.25) is 9.48 Å². The predicted molar refractivity (Wildman–Crippen MR) is 87.3 cm³/mol. The van der Waals surface area contributed by atoms with Crippen LogP contribution in [0.25, 0.3) is 0 Å². The average Bonchev–Trinajstić information content (AvgIpc) is 2.74. The van der Waals surface area contributed by atoms with E-state index in [-0.39, 0.29) is 5.91 Å². The number of aryl methyl sites for hydroxylation is 2. The van der Waals surface area contributed by atoms with Crippen molar-refractivity contribution in [3.8, 4) is 0 Å². The van der Waals surface area contributed by atoms with Gasteiger partial charge in [0.05, 0.1) is 5.69 Å². The first-order chi connectivity index (χ1) is 9.95. The van der Waals surface area contributed by atoms with Crippen LogP contribution in [0.5, 0.6) is 0 Å². The Labute approximate surface area is 133 Å². The second-order valence-electron chi connectivity index (χ2n) is 5.43. The lowest BCUT2D eigenvalue weighted by molar-refractivity contribution is 0.0946. The highest BCUT2D eigenvalue weighted by Gasteiger charge is 2.10. The SMILES string of the molecule is Cc1cc(C)n(C[C@H](C)CNC(=O)c2cccc(Br)c2)n1. The third-order valence-corrected chi connectivity index (χ3v) is 3.78. The van der Waals surface area contributed by atoms with Crippen LogP contribution in [-0.4, -0.2) is 22.2 Å². The van der Waals surface area contributed by atoms with Crippen LogP contribution >= 0.6 is 15.9 Å². The summed E-state index contributed by atoms with van der Waals surface area (Å²) in [5.74, 6) is 0.274. The fourth-order valence-corrected chi connectivity index (χ4v) is 2.62. The molecule has 112 valence electrons. The van der Waals surface area contributed by atoms with Crippen LogP contribution in [0.4, 0.5) is 0 Å². The highest BCUT2D eigenvalue weighted by molar-refractivity contribution is 9.10. The van der Waals surface area contributed by atoms with E-state index in [0.717, 1.165) is 22.4 Å². The van der Waals surface area contributed by atoms with Crippen LogP contribution in [0, 0.1) is 19.8 Å². The smallest absolute Gasteiger partial charge is 0.251 e. The summed E-state index contributed by atoms with van der Waals surface area (Å²) in [6, 6.07) is 9.46. The molecule has 1 aromatic heterocycles. The summed E-state index contributed by atoms with van der Waals surface area (Å²) in [5.41, 5.74) is 2.85. The van der Waals surface area contributed by atoms with Crippen molar-refractivity contribution >= 4 is 21.8 Å². The zero-order valence-corrected chi connectivity index (χ0v) is 14.1. The largest absolute Gasteiger partial charge is 0.352 e. The first-order valence-corrected chi connectivity index (χ1v) is 7.80. The number of nitrogens with one attached hydrogen (secondary N) is 1. The molecule has 0 saturated heterocycles. The normalized spacial score (nSPS) is 12.2. The Hall–Kier alpha value is -1.62. The van der Waals surface area contributed by atoms with Gasteiger partial charge in [-0.05, 0) is 44.0 Å². The number of aromatic nitrogens is 2. The van der Waals surface area contributed by atoms with Crippen LogP contribution < -0.4 is 5.32 Å². The van der Waals surface area contributed by atoms with E-state index in [4.69, 9.17) is 0 Å². The standard InChI is InChI=1S/C16H20BrN3O/c1-11(10-20-13(3)7-12(2)19-20)9-18-16(21)14-5-4-6-15(17)8-14/h4-8,11H,9-10H2,1-3H3,(H,18,21)/t11-/m1/s1. The Balaban J connectivity index is 1.88. The number of rotatable bonds is 5. The Bertz CT molecular complexity index is 636. The van der Waals surface area contributed by atoms with Gasteiger partial charge in [0.25, 0.3) is 5.91 Å². The summed E-state index contributed by atoms with van der Waals surface area (Å²) in [4.78, 5) is 12.1. The lowest BCUT2D eigenvalue weighted by atomic mass is 10.1. The maximum atomic E-state index is 12.1. The summed E-state index contributed by atoms with van der Waals surface area (Å²) >= 11 is 3.37. The minimum atomic E-state index is -0.0449. The van der Waals surface area contributed by atoms with Gasteiger partial charge in [-0.1, -0.05) is 28.9 Å². The van der Waals surface area contributed by atoms with Gasteiger partial charge in [0.15, 0.2) is 0 Å². The molecule has 0 spiro atoms. The minimum Gasteiger partial charge on any atom is -0.352 e. The van der Waals surface area contributed by atoms with E-state index in [9.17, 15) is 4.79 Å². The molecule has 0 saturated carbocycles. The van der Waals surface area contributed by atoms with E-state index in [2.05, 4.69) is 39.3 Å². The van der Waals surface area contributed by atoms with Gasteiger partial charge in [0, 0.05) is 28.8 Å². The van der Waals surface area contributed by atoms with E-state index in [0.29, 0.717) is 18.0 Å². The number of hydrogen-bond donors (Lipinski definition) is 1. The van der Waals surface area contributed by atoms with Crippen molar-refractivity contribution in [1.82, 2.24) is 15.1 Å². The molecule has 0 bridgehead atoms. The summed E-state index contributed by atoms with van der Waals surface area (Å²) in [7, 11) is 0. The molecule has 0 aliphatic heterocycles. The second-order valence-corrected chi connectivity index (χ2v) is 6.35. The highest BCUT2D eigenvalue weighted by Crippen LogP contribution is 2.12. The summed E-state index contributed by atoms with van der Waals surface area (Å²) in [6.45, 7) is 7.58. The van der Waals surface area contributed by atoms with Crippen molar-refractivity contribution < 1.29 is 4.79 Å². The molecule has 1 aromatic carbocycles. The number of nitrogens with zero attached hydrogens (tertiary/aromatic N) is 2. The fourth-order valence-electron chi connectivity index (χ4n) is 2.22. The predicted octanol–water partition coefficient (Wildman–Crippen LogP) is 3.33. The molecule has 2 rings (SSSR count). The van der Waals surface area contributed by atoms with Crippen LogP contribution in [0.3, 0.4) is 0 Å². The third kappa shape index (κ3) is 4.43. The van der Waals surface area contributed by atoms with E-state index in [1.165, 1.54) is 0 Å². The van der Waals surface area contributed by atoms with Crippen LogP contribution in [-0.2, 0) is 6.54 Å². The average molecular weight is 350 g/mol. The number of halogens is 1. The maximum Gasteiger partial charge on any atom is 0.251 e. The van der Waals surface area contributed by atoms with Gasteiger partial charge in [-0.2, -0.15) is 5.10 Å².